The quantitative estimate of drug-likeness (QED) is 0.665. The summed E-state index contributed by atoms with van der Waals surface area (Å²) in [7, 11) is 3.42. The van der Waals surface area contributed by atoms with Crippen LogP contribution in [0.4, 0.5) is 0 Å². The molecule has 142 valence electrons. The molecule has 0 unspecified atom stereocenters. The first-order chi connectivity index (χ1) is 12.9. The maximum absolute atomic E-state index is 13.5. The molecule has 0 saturated heterocycles. The summed E-state index contributed by atoms with van der Waals surface area (Å²) in [6.07, 6.45) is 4.16. The van der Waals surface area contributed by atoms with Crippen LogP contribution in [-0.4, -0.2) is 21.2 Å². The third-order valence-electron chi connectivity index (χ3n) is 5.68. The highest BCUT2D eigenvalue weighted by molar-refractivity contribution is 5.92. The fourth-order valence-corrected chi connectivity index (χ4v) is 4.27. The number of hydrogen-bond acceptors (Lipinski definition) is 4. The number of methoxy groups -OCH3 is 1. The van der Waals surface area contributed by atoms with Crippen LogP contribution in [0.2, 0.25) is 0 Å². The highest BCUT2D eigenvalue weighted by atomic mass is 16.5. The van der Waals surface area contributed by atoms with E-state index < -0.39 is 0 Å². The van der Waals surface area contributed by atoms with Crippen LogP contribution in [0.3, 0.4) is 0 Å². The Bertz CT molecular complexity index is 1150. The number of nitrogens with zero attached hydrogens (tertiary/aromatic N) is 3. The van der Waals surface area contributed by atoms with Crippen molar-refractivity contribution in [1.29, 1.82) is 0 Å². The van der Waals surface area contributed by atoms with Crippen LogP contribution in [-0.2, 0) is 7.05 Å². The van der Waals surface area contributed by atoms with Crippen LogP contribution in [0, 0.1) is 0 Å². The van der Waals surface area contributed by atoms with E-state index in [1.165, 1.54) is 0 Å². The summed E-state index contributed by atoms with van der Waals surface area (Å²) in [4.78, 5) is 31.6. The topological polar surface area (TPSA) is 66.1 Å². The van der Waals surface area contributed by atoms with Crippen molar-refractivity contribution in [3.8, 4) is 5.75 Å². The first kappa shape index (κ1) is 17.8. The monoisotopic (exact) mass is 367 g/mol. The van der Waals surface area contributed by atoms with Crippen LogP contribution in [0.5, 0.6) is 5.75 Å². The average molecular weight is 367 g/mol. The van der Waals surface area contributed by atoms with Gasteiger partial charge in [-0.3, -0.25) is 14.2 Å². The highest BCUT2D eigenvalue weighted by Gasteiger charge is 2.26. The fourth-order valence-electron chi connectivity index (χ4n) is 4.27. The van der Waals surface area contributed by atoms with Gasteiger partial charge in [-0.2, -0.15) is 0 Å². The van der Waals surface area contributed by atoms with Gasteiger partial charge in [0, 0.05) is 19.0 Å². The van der Waals surface area contributed by atoms with E-state index in [2.05, 4.69) is 0 Å². The van der Waals surface area contributed by atoms with Gasteiger partial charge in [0.2, 0.25) is 5.43 Å². The Labute approximate surface area is 157 Å². The minimum atomic E-state index is -0.267. The zero-order chi connectivity index (χ0) is 19.3. The lowest BCUT2D eigenvalue weighted by Gasteiger charge is -2.22. The number of aryl methyl sites for hydroxylation is 1. The van der Waals surface area contributed by atoms with Gasteiger partial charge in [0.25, 0.3) is 5.56 Å². The zero-order valence-corrected chi connectivity index (χ0v) is 16.3. The summed E-state index contributed by atoms with van der Waals surface area (Å²) in [6.45, 7) is 4.09. The molecule has 1 aliphatic rings. The Kier molecular flexibility index (Phi) is 4.29. The molecule has 0 spiro atoms. The van der Waals surface area contributed by atoms with Gasteiger partial charge in [0.1, 0.15) is 17.0 Å². The molecule has 0 atom stereocenters. The maximum Gasteiger partial charge on any atom is 0.267 e. The van der Waals surface area contributed by atoms with E-state index in [0.717, 1.165) is 37.0 Å². The summed E-state index contributed by atoms with van der Waals surface area (Å²) in [5.41, 5.74) is 0.728. The van der Waals surface area contributed by atoms with E-state index in [-0.39, 0.29) is 28.3 Å². The molecule has 6 nitrogen and oxygen atoms in total. The number of benzene rings is 1. The van der Waals surface area contributed by atoms with E-state index in [1.54, 1.807) is 17.7 Å². The van der Waals surface area contributed by atoms with E-state index in [1.807, 2.05) is 37.6 Å². The Morgan fingerprint density at radius 1 is 1.19 bits per heavy atom. The first-order valence-electron chi connectivity index (χ1n) is 9.57. The molecule has 0 N–H and O–H groups in total. The largest absolute Gasteiger partial charge is 0.497 e. The molecule has 0 amide bonds. The molecular formula is C21H25N3O3. The molecule has 1 aliphatic carbocycles. The molecule has 0 aliphatic heterocycles. The van der Waals surface area contributed by atoms with Gasteiger partial charge in [-0.15, -0.1) is 0 Å². The standard InChI is InChI=1S/C21H25N3O3/c1-12(2)19-22-20-17(21(26)24(19)13-7-5-6-8-13)18(25)15-11-14(27-4)9-10-16(15)23(20)3/h9-13H,5-8H2,1-4H3. The number of aromatic nitrogens is 3. The summed E-state index contributed by atoms with van der Waals surface area (Å²) in [5.74, 6) is 1.47. The van der Waals surface area contributed by atoms with Crippen LogP contribution in [0.1, 0.15) is 57.3 Å². The second-order valence-corrected chi connectivity index (χ2v) is 7.71. The molecule has 0 radical (unpaired) electrons. The molecule has 6 heteroatoms. The van der Waals surface area contributed by atoms with Gasteiger partial charge < -0.3 is 9.30 Å². The van der Waals surface area contributed by atoms with Gasteiger partial charge in [-0.05, 0) is 31.0 Å². The molecule has 27 heavy (non-hydrogen) atoms. The summed E-state index contributed by atoms with van der Waals surface area (Å²) in [6, 6.07) is 5.50. The van der Waals surface area contributed by atoms with Gasteiger partial charge >= 0.3 is 0 Å². The third-order valence-corrected chi connectivity index (χ3v) is 5.68. The van der Waals surface area contributed by atoms with E-state index in [9.17, 15) is 9.59 Å². The number of pyridine rings is 1. The Hall–Kier alpha value is -2.63. The zero-order valence-electron chi connectivity index (χ0n) is 16.3. The molecule has 1 fully saturated rings. The van der Waals surface area contributed by atoms with Crippen LogP contribution < -0.4 is 15.7 Å². The van der Waals surface area contributed by atoms with Gasteiger partial charge in [-0.1, -0.05) is 26.7 Å². The second-order valence-electron chi connectivity index (χ2n) is 7.71. The number of hydrogen-bond donors (Lipinski definition) is 0. The Morgan fingerprint density at radius 3 is 2.52 bits per heavy atom. The minimum Gasteiger partial charge on any atom is -0.497 e. The minimum absolute atomic E-state index is 0.101. The predicted molar refractivity (Wildman–Crippen MR) is 107 cm³/mol. The van der Waals surface area contributed by atoms with E-state index in [4.69, 9.17) is 9.72 Å². The molecule has 0 bridgehead atoms. The van der Waals surface area contributed by atoms with Gasteiger partial charge in [0.15, 0.2) is 5.65 Å². The molecule has 2 aromatic heterocycles. The van der Waals surface area contributed by atoms with Crippen LogP contribution in [0.25, 0.3) is 21.9 Å². The predicted octanol–water partition coefficient (Wildman–Crippen LogP) is 3.50. The van der Waals surface area contributed by atoms with Gasteiger partial charge in [0.05, 0.1) is 18.0 Å². The lowest BCUT2D eigenvalue weighted by molar-refractivity contribution is 0.415. The van der Waals surface area contributed by atoms with Crippen molar-refractivity contribution in [2.75, 3.05) is 7.11 Å². The second kappa shape index (κ2) is 6.51. The number of rotatable bonds is 3. The van der Waals surface area contributed by atoms with Gasteiger partial charge in [-0.25, -0.2) is 4.98 Å². The fraction of sp³-hybridized carbons (Fsp3) is 0.476. The normalized spacial score (nSPS) is 15.3. The van der Waals surface area contributed by atoms with Crippen molar-refractivity contribution < 1.29 is 4.74 Å². The Balaban J connectivity index is 2.17. The number of ether oxygens (including phenoxy) is 1. The number of fused-ring (bicyclic) bond motifs is 2. The van der Waals surface area contributed by atoms with Crippen molar-refractivity contribution in [3.63, 3.8) is 0 Å². The van der Waals surface area contributed by atoms with Crippen molar-refractivity contribution >= 4 is 21.9 Å². The molecule has 3 aromatic rings. The highest BCUT2D eigenvalue weighted by Crippen LogP contribution is 2.31. The van der Waals surface area contributed by atoms with Crippen molar-refractivity contribution in [2.24, 2.45) is 7.05 Å². The molecule has 2 heterocycles. The lowest BCUT2D eigenvalue weighted by Crippen LogP contribution is -2.33. The van der Waals surface area contributed by atoms with Crippen LogP contribution >= 0.6 is 0 Å². The summed E-state index contributed by atoms with van der Waals surface area (Å²) >= 11 is 0. The molecule has 4 rings (SSSR count). The lowest BCUT2D eigenvalue weighted by atomic mass is 10.1. The maximum atomic E-state index is 13.5. The summed E-state index contributed by atoms with van der Waals surface area (Å²) in [5, 5.41) is 0.660. The molecular weight excluding hydrogens is 342 g/mol. The molecule has 1 saturated carbocycles. The van der Waals surface area contributed by atoms with Crippen molar-refractivity contribution in [1.82, 2.24) is 14.1 Å². The van der Waals surface area contributed by atoms with Crippen molar-refractivity contribution in [2.45, 2.75) is 51.5 Å². The molecule has 1 aromatic carbocycles. The third kappa shape index (κ3) is 2.66. The average Bonchev–Trinajstić information content (AvgIpc) is 3.19. The van der Waals surface area contributed by atoms with E-state index >= 15 is 0 Å². The van der Waals surface area contributed by atoms with Crippen molar-refractivity contribution in [3.05, 3.63) is 44.6 Å². The first-order valence-corrected chi connectivity index (χ1v) is 9.57. The van der Waals surface area contributed by atoms with E-state index in [0.29, 0.717) is 16.8 Å². The SMILES string of the molecule is COc1ccc2c(c1)c(=O)c1c(=O)n(C3CCCC3)c(C(C)C)nc1n2C. The smallest absolute Gasteiger partial charge is 0.267 e. The summed E-state index contributed by atoms with van der Waals surface area (Å²) < 4.78 is 8.91. The van der Waals surface area contributed by atoms with Crippen LogP contribution in [0.15, 0.2) is 27.8 Å². The Morgan fingerprint density at radius 2 is 1.89 bits per heavy atom.